The van der Waals surface area contributed by atoms with E-state index in [9.17, 15) is 5.11 Å². The largest absolute Gasteiger partial charge is 0.391 e. The van der Waals surface area contributed by atoms with Gasteiger partial charge in [-0.05, 0) is 25.8 Å². The van der Waals surface area contributed by atoms with Crippen molar-refractivity contribution in [3.05, 3.63) is 24.2 Å². The van der Waals surface area contributed by atoms with E-state index in [0.717, 1.165) is 36.3 Å². The molecule has 0 aliphatic heterocycles. The van der Waals surface area contributed by atoms with E-state index in [1.165, 1.54) is 6.42 Å². The van der Waals surface area contributed by atoms with E-state index in [4.69, 9.17) is 0 Å². The Labute approximate surface area is 112 Å². The van der Waals surface area contributed by atoms with Gasteiger partial charge in [0, 0.05) is 19.4 Å². The van der Waals surface area contributed by atoms with Crippen molar-refractivity contribution < 1.29 is 5.11 Å². The molecule has 0 aromatic carbocycles. The number of nitrogens with zero attached hydrogens (tertiary/aromatic N) is 4. The molecule has 1 saturated carbocycles. The zero-order chi connectivity index (χ0) is 13.4. The number of hydrogen-bond donors (Lipinski definition) is 1. The summed E-state index contributed by atoms with van der Waals surface area (Å²) < 4.78 is 1.85. The van der Waals surface area contributed by atoms with Crippen LogP contribution in [-0.2, 0) is 0 Å². The van der Waals surface area contributed by atoms with Gasteiger partial charge in [-0.15, -0.1) is 0 Å². The first-order valence-corrected chi connectivity index (χ1v) is 6.88. The van der Waals surface area contributed by atoms with Crippen LogP contribution in [0.2, 0.25) is 0 Å². The number of aliphatic hydroxyl groups is 1. The van der Waals surface area contributed by atoms with Crippen LogP contribution in [0, 0.1) is 6.92 Å². The molecule has 2 atom stereocenters. The minimum Gasteiger partial charge on any atom is -0.391 e. The lowest BCUT2D eigenvalue weighted by atomic mass is 9.91. The zero-order valence-corrected chi connectivity index (χ0v) is 11.5. The molecule has 19 heavy (non-hydrogen) atoms. The Kier molecular flexibility index (Phi) is 3.14. The number of aliphatic hydroxyl groups excluding tert-OH is 1. The summed E-state index contributed by atoms with van der Waals surface area (Å²) >= 11 is 0. The Balaban J connectivity index is 1.98. The molecular weight excluding hydrogens is 240 g/mol. The van der Waals surface area contributed by atoms with Crippen LogP contribution < -0.4 is 4.90 Å². The Hall–Kier alpha value is -1.62. The fraction of sp³-hybridized carbons (Fsp3) is 0.571. The molecule has 0 radical (unpaired) electrons. The fourth-order valence-electron chi connectivity index (χ4n) is 3.00. The highest BCUT2D eigenvalue weighted by atomic mass is 16.3. The maximum atomic E-state index is 10.2. The van der Waals surface area contributed by atoms with Crippen LogP contribution in [0.25, 0.3) is 5.52 Å². The van der Waals surface area contributed by atoms with Gasteiger partial charge in [0.05, 0.1) is 17.8 Å². The van der Waals surface area contributed by atoms with E-state index in [1.54, 1.807) is 6.20 Å². The summed E-state index contributed by atoms with van der Waals surface area (Å²) in [5, 5.41) is 14.6. The van der Waals surface area contributed by atoms with Gasteiger partial charge in [0.15, 0.2) is 5.82 Å². The van der Waals surface area contributed by atoms with Crippen LogP contribution in [0.4, 0.5) is 5.82 Å². The van der Waals surface area contributed by atoms with Crippen LogP contribution in [0.15, 0.2) is 18.5 Å². The number of anilines is 1. The van der Waals surface area contributed by atoms with Gasteiger partial charge in [0.25, 0.3) is 0 Å². The molecule has 0 bridgehead atoms. The first kappa shape index (κ1) is 12.4. The van der Waals surface area contributed by atoms with Crippen LogP contribution in [0.1, 0.15) is 31.4 Å². The maximum absolute atomic E-state index is 10.2. The van der Waals surface area contributed by atoms with Crippen LogP contribution in [0.3, 0.4) is 0 Å². The van der Waals surface area contributed by atoms with Crippen molar-refractivity contribution in [2.45, 2.75) is 44.8 Å². The highest BCUT2D eigenvalue weighted by Crippen LogP contribution is 2.27. The van der Waals surface area contributed by atoms with E-state index in [-0.39, 0.29) is 12.1 Å². The molecule has 0 spiro atoms. The predicted octanol–water partition coefficient (Wildman–Crippen LogP) is 1.78. The monoisotopic (exact) mass is 260 g/mol. The average molecular weight is 260 g/mol. The first-order chi connectivity index (χ1) is 9.16. The lowest BCUT2D eigenvalue weighted by Gasteiger charge is -2.36. The second-order valence-corrected chi connectivity index (χ2v) is 5.40. The normalized spacial score (nSPS) is 23.7. The van der Waals surface area contributed by atoms with Gasteiger partial charge < -0.3 is 10.0 Å². The van der Waals surface area contributed by atoms with Gasteiger partial charge in [-0.1, -0.05) is 12.8 Å². The standard InChI is InChI=1S/C14H20N4O/c1-10-9-12-14(15-7-8-18(12)16-10)17(2)11-5-3-4-6-13(11)19/h7-9,11,13,19H,3-6H2,1-2H3. The smallest absolute Gasteiger partial charge is 0.154 e. The van der Waals surface area contributed by atoms with Crippen molar-refractivity contribution in [3.63, 3.8) is 0 Å². The van der Waals surface area contributed by atoms with Gasteiger partial charge in [0.2, 0.25) is 0 Å². The van der Waals surface area contributed by atoms with E-state index in [1.807, 2.05) is 30.8 Å². The van der Waals surface area contributed by atoms with Crippen LogP contribution >= 0.6 is 0 Å². The average Bonchev–Trinajstić information content (AvgIpc) is 2.78. The number of aryl methyl sites for hydroxylation is 1. The van der Waals surface area contributed by atoms with Gasteiger partial charge >= 0.3 is 0 Å². The quantitative estimate of drug-likeness (QED) is 0.894. The van der Waals surface area contributed by atoms with Gasteiger partial charge in [-0.3, -0.25) is 0 Å². The number of hydrogen-bond acceptors (Lipinski definition) is 4. The van der Waals surface area contributed by atoms with E-state index >= 15 is 0 Å². The van der Waals surface area contributed by atoms with Crippen molar-refractivity contribution in [1.82, 2.24) is 14.6 Å². The van der Waals surface area contributed by atoms with E-state index in [2.05, 4.69) is 15.0 Å². The third kappa shape index (κ3) is 2.18. The van der Waals surface area contributed by atoms with Crippen LogP contribution in [-0.4, -0.2) is 38.9 Å². The zero-order valence-electron chi connectivity index (χ0n) is 11.5. The van der Waals surface area contributed by atoms with Crippen molar-refractivity contribution in [3.8, 4) is 0 Å². The summed E-state index contributed by atoms with van der Waals surface area (Å²) in [7, 11) is 2.02. The Bertz CT molecular complexity index is 580. The van der Waals surface area contributed by atoms with Gasteiger partial charge in [0.1, 0.15) is 5.52 Å². The molecule has 0 amide bonds. The Morgan fingerprint density at radius 2 is 2.16 bits per heavy atom. The molecular formula is C14H20N4O. The van der Waals surface area contributed by atoms with Crippen molar-refractivity contribution in [2.24, 2.45) is 0 Å². The summed E-state index contributed by atoms with van der Waals surface area (Å²) in [6, 6.07) is 2.19. The number of likely N-dealkylation sites (N-methyl/N-ethyl adjacent to an activating group) is 1. The highest BCUT2D eigenvalue weighted by Gasteiger charge is 2.28. The molecule has 5 heteroatoms. The fourth-order valence-corrected chi connectivity index (χ4v) is 3.00. The molecule has 3 rings (SSSR count). The highest BCUT2D eigenvalue weighted by molar-refractivity contribution is 5.69. The lowest BCUT2D eigenvalue weighted by molar-refractivity contribution is 0.106. The minimum atomic E-state index is -0.259. The third-order valence-corrected chi connectivity index (χ3v) is 4.02. The first-order valence-electron chi connectivity index (χ1n) is 6.88. The molecule has 1 aliphatic rings. The van der Waals surface area contributed by atoms with Gasteiger partial charge in [-0.2, -0.15) is 5.10 Å². The molecule has 1 aliphatic carbocycles. The summed E-state index contributed by atoms with van der Waals surface area (Å²) in [6.07, 6.45) is 7.56. The van der Waals surface area contributed by atoms with Crippen molar-refractivity contribution >= 4 is 11.3 Å². The van der Waals surface area contributed by atoms with Crippen molar-refractivity contribution in [1.29, 1.82) is 0 Å². The van der Waals surface area contributed by atoms with E-state index < -0.39 is 0 Å². The van der Waals surface area contributed by atoms with E-state index in [0.29, 0.717) is 0 Å². The number of fused-ring (bicyclic) bond motifs is 1. The summed E-state index contributed by atoms with van der Waals surface area (Å²) in [5.41, 5.74) is 1.98. The maximum Gasteiger partial charge on any atom is 0.154 e. The molecule has 1 N–H and O–H groups in total. The molecule has 0 saturated heterocycles. The topological polar surface area (TPSA) is 53.7 Å². The predicted molar refractivity (Wildman–Crippen MR) is 74.4 cm³/mol. The number of rotatable bonds is 2. The molecule has 5 nitrogen and oxygen atoms in total. The van der Waals surface area contributed by atoms with Crippen LogP contribution in [0.5, 0.6) is 0 Å². The summed E-state index contributed by atoms with van der Waals surface area (Å²) in [5.74, 6) is 0.897. The SMILES string of the molecule is Cc1cc2c(N(C)C3CCCCC3O)nccn2n1. The Morgan fingerprint density at radius 1 is 1.37 bits per heavy atom. The number of aromatic nitrogens is 3. The molecule has 2 unspecified atom stereocenters. The van der Waals surface area contributed by atoms with Gasteiger partial charge in [-0.25, -0.2) is 9.50 Å². The second kappa shape index (κ2) is 4.81. The molecule has 1 fully saturated rings. The van der Waals surface area contributed by atoms with Crippen molar-refractivity contribution in [2.75, 3.05) is 11.9 Å². The minimum absolute atomic E-state index is 0.155. The Morgan fingerprint density at radius 3 is 2.95 bits per heavy atom. The second-order valence-electron chi connectivity index (χ2n) is 5.40. The molecule has 2 aromatic rings. The molecule has 2 heterocycles. The summed E-state index contributed by atoms with van der Waals surface area (Å²) in [6.45, 7) is 1.98. The summed E-state index contributed by atoms with van der Waals surface area (Å²) in [4.78, 5) is 6.60. The third-order valence-electron chi connectivity index (χ3n) is 4.02. The molecule has 102 valence electrons. The molecule has 2 aromatic heterocycles. The lowest BCUT2D eigenvalue weighted by Crippen LogP contribution is -2.44.